The molecule has 7 rings (SSSR count). The molecule has 1 unspecified atom stereocenters. The van der Waals surface area contributed by atoms with Gasteiger partial charge in [-0.1, -0.05) is 6.07 Å². The van der Waals surface area contributed by atoms with Gasteiger partial charge in [0.25, 0.3) is 0 Å². The van der Waals surface area contributed by atoms with Gasteiger partial charge in [0.15, 0.2) is 23.4 Å². The highest BCUT2D eigenvalue weighted by Crippen LogP contribution is 2.65. The highest BCUT2D eigenvalue weighted by atomic mass is 16.5. The van der Waals surface area contributed by atoms with Gasteiger partial charge in [0.05, 0.1) is 30.9 Å². The fraction of sp³-hybridized carbons (Fsp3) is 0.517. The molecule has 5 atom stereocenters. The molecule has 0 radical (unpaired) electrons. The number of ether oxygens (including phenoxy) is 3. The molecular formula is C29H32N2O7. The standard InChI is InChI=1S/C29H32N2O7/c1-36-17-6-8-21(37-2)19(12-17)30-27(34)18-13-29(35)22-11-16-5-7-20(32)25-23(16)28(29,26(38-25)24(18)33)9-10-31(22)14-15-3-4-15/h5-8,12,15,18,22,26,32,35H,3-4,9-11,13-14H2,1-2H3,(H,30,34)/t18?,22-,26+,28+,29-/m1/s1. The largest absolute Gasteiger partial charge is 0.504 e. The van der Waals surface area contributed by atoms with E-state index < -0.39 is 28.9 Å². The number of ketones is 1. The van der Waals surface area contributed by atoms with Crippen LogP contribution in [0.4, 0.5) is 5.69 Å². The molecule has 0 aromatic heterocycles. The number of nitrogens with one attached hydrogen (secondary N) is 1. The summed E-state index contributed by atoms with van der Waals surface area (Å²) < 4.78 is 16.9. The van der Waals surface area contributed by atoms with Crippen LogP contribution in [0, 0.1) is 11.8 Å². The van der Waals surface area contributed by atoms with Crippen LogP contribution in [0.25, 0.3) is 0 Å². The van der Waals surface area contributed by atoms with Crippen molar-refractivity contribution in [3.8, 4) is 23.0 Å². The zero-order valence-electron chi connectivity index (χ0n) is 21.5. The number of phenols is 1. The molecule has 2 bridgehead atoms. The molecule has 1 saturated heterocycles. The third-order valence-electron chi connectivity index (χ3n) is 9.61. The van der Waals surface area contributed by atoms with Crippen molar-refractivity contribution >= 4 is 17.4 Å². The van der Waals surface area contributed by atoms with Crippen LogP contribution in [0.3, 0.4) is 0 Å². The number of phenolic OH excluding ortho intramolecular Hbond substituents is 1. The SMILES string of the molecule is COc1ccc(OC)c(NC(=O)C2C[C@@]3(O)[C@H]4Cc5ccc(O)c6c5[C@@]3(CCN4CC3CC3)[C@@H](O6)C2=O)c1. The molecule has 2 aliphatic heterocycles. The number of methoxy groups -OCH3 is 2. The first-order valence-corrected chi connectivity index (χ1v) is 13.4. The van der Waals surface area contributed by atoms with Crippen molar-refractivity contribution in [2.45, 2.75) is 55.3 Å². The second kappa shape index (κ2) is 8.10. The number of anilines is 1. The van der Waals surface area contributed by atoms with Crippen molar-refractivity contribution in [3.05, 3.63) is 41.5 Å². The Kier molecular flexibility index (Phi) is 5.07. The number of carbonyl (C=O) groups excluding carboxylic acids is 2. The smallest absolute Gasteiger partial charge is 0.235 e. The van der Waals surface area contributed by atoms with Crippen molar-refractivity contribution in [2.24, 2.45) is 11.8 Å². The van der Waals surface area contributed by atoms with E-state index in [4.69, 9.17) is 14.2 Å². The molecule has 2 aromatic rings. The highest BCUT2D eigenvalue weighted by Gasteiger charge is 2.75. The molecule has 1 amide bonds. The van der Waals surface area contributed by atoms with Crippen LogP contribution in [0.15, 0.2) is 30.3 Å². The minimum absolute atomic E-state index is 0.00974. The fourth-order valence-electron chi connectivity index (χ4n) is 7.66. The lowest BCUT2D eigenvalue weighted by Crippen LogP contribution is -2.78. The lowest BCUT2D eigenvalue weighted by molar-refractivity contribution is -0.197. The van der Waals surface area contributed by atoms with E-state index in [-0.39, 0.29) is 29.7 Å². The highest BCUT2D eigenvalue weighted by molar-refractivity contribution is 6.11. The second-order valence-corrected chi connectivity index (χ2v) is 11.5. The fourth-order valence-corrected chi connectivity index (χ4v) is 7.66. The lowest BCUT2D eigenvalue weighted by Gasteiger charge is -2.63. The summed E-state index contributed by atoms with van der Waals surface area (Å²) in [6.07, 6.45) is 2.44. The number of aliphatic hydroxyl groups is 1. The van der Waals surface area contributed by atoms with E-state index in [1.807, 2.05) is 6.07 Å². The lowest BCUT2D eigenvalue weighted by atomic mass is 9.47. The number of amides is 1. The van der Waals surface area contributed by atoms with Gasteiger partial charge in [-0.3, -0.25) is 14.5 Å². The number of rotatable bonds is 6. The zero-order chi connectivity index (χ0) is 26.4. The predicted molar refractivity (Wildman–Crippen MR) is 137 cm³/mol. The van der Waals surface area contributed by atoms with Crippen molar-refractivity contribution < 1.29 is 34.0 Å². The maximum Gasteiger partial charge on any atom is 0.235 e. The van der Waals surface area contributed by atoms with E-state index in [0.29, 0.717) is 35.9 Å². The van der Waals surface area contributed by atoms with Crippen LogP contribution in [0.5, 0.6) is 23.0 Å². The van der Waals surface area contributed by atoms with Crippen molar-refractivity contribution in [3.63, 3.8) is 0 Å². The third-order valence-corrected chi connectivity index (χ3v) is 9.61. The summed E-state index contributed by atoms with van der Waals surface area (Å²) in [6.45, 7) is 1.64. The van der Waals surface area contributed by atoms with Crippen LogP contribution in [-0.4, -0.2) is 71.9 Å². The summed E-state index contributed by atoms with van der Waals surface area (Å²) in [7, 11) is 3.03. The normalized spacial score (nSPS) is 32.8. The minimum Gasteiger partial charge on any atom is -0.504 e. The molecular weight excluding hydrogens is 488 g/mol. The first kappa shape index (κ1) is 23.8. The second-order valence-electron chi connectivity index (χ2n) is 11.5. The van der Waals surface area contributed by atoms with E-state index in [1.54, 1.807) is 24.3 Å². The molecule has 200 valence electrons. The van der Waals surface area contributed by atoms with E-state index in [1.165, 1.54) is 27.1 Å². The van der Waals surface area contributed by atoms with Crippen LogP contribution >= 0.6 is 0 Å². The monoisotopic (exact) mass is 520 g/mol. The number of carbonyl (C=O) groups is 2. The van der Waals surface area contributed by atoms with Crippen LogP contribution in [-0.2, 0) is 21.4 Å². The van der Waals surface area contributed by atoms with Crippen molar-refractivity contribution in [1.82, 2.24) is 4.90 Å². The van der Waals surface area contributed by atoms with E-state index >= 15 is 0 Å². The average molecular weight is 521 g/mol. The molecule has 9 nitrogen and oxygen atoms in total. The molecule has 2 heterocycles. The molecule has 2 aromatic carbocycles. The summed E-state index contributed by atoms with van der Waals surface area (Å²) in [6, 6.07) is 8.30. The number of hydrogen-bond donors (Lipinski definition) is 3. The summed E-state index contributed by atoms with van der Waals surface area (Å²) in [5, 5.41) is 26.3. The number of hydrogen-bond acceptors (Lipinski definition) is 8. The number of likely N-dealkylation sites (tertiary alicyclic amines) is 1. The Bertz CT molecular complexity index is 1360. The summed E-state index contributed by atoms with van der Waals surface area (Å²) in [5.74, 6) is -0.184. The molecule has 3 fully saturated rings. The van der Waals surface area contributed by atoms with Crippen LogP contribution in [0.2, 0.25) is 0 Å². The zero-order valence-corrected chi connectivity index (χ0v) is 21.5. The molecule has 9 heteroatoms. The van der Waals surface area contributed by atoms with Gasteiger partial charge in [-0.25, -0.2) is 0 Å². The molecule has 5 aliphatic rings. The van der Waals surface area contributed by atoms with E-state index in [9.17, 15) is 19.8 Å². The maximum atomic E-state index is 14.0. The molecule has 38 heavy (non-hydrogen) atoms. The number of nitrogens with zero attached hydrogens (tertiary/aromatic N) is 1. The van der Waals surface area contributed by atoms with Crippen molar-refractivity contribution in [2.75, 3.05) is 32.6 Å². The average Bonchev–Trinajstić information content (AvgIpc) is 3.65. The first-order chi connectivity index (χ1) is 18.3. The first-order valence-electron chi connectivity index (χ1n) is 13.4. The Morgan fingerprint density at radius 1 is 1.21 bits per heavy atom. The third kappa shape index (κ3) is 3.06. The maximum absolute atomic E-state index is 14.0. The Morgan fingerprint density at radius 2 is 2.03 bits per heavy atom. The van der Waals surface area contributed by atoms with Gasteiger partial charge >= 0.3 is 0 Å². The van der Waals surface area contributed by atoms with E-state index in [0.717, 1.165) is 24.2 Å². The number of Topliss-reactive ketones (excluding diaryl/α,β-unsaturated/α-hetero) is 1. The van der Waals surface area contributed by atoms with Crippen molar-refractivity contribution in [1.29, 1.82) is 0 Å². The van der Waals surface area contributed by atoms with Gasteiger partial charge in [-0.05, 0) is 68.3 Å². The van der Waals surface area contributed by atoms with Gasteiger partial charge in [-0.15, -0.1) is 0 Å². The Labute approximate surface area is 220 Å². The Morgan fingerprint density at radius 3 is 2.76 bits per heavy atom. The topological polar surface area (TPSA) is 118 Å². The number of aromatic hydroxyl groups is 1. The number of benzene rings is 2. The Balaban J connectivity index is 1.30. The van der Waals surface area contributed by atoms with E-state index in [2.05, 4.69) is 10.2 Å². The summed E-state index contributed by atoms with van der Waals surface area (Å²) in [5.41, 5.74) is -0.209. The quantitative estimate of drug-likeness (QED) is 0.497. The van der Waals surface area contributed by atoms with Gasteiger partial charge in [-0.2, -0.15) is 0 Å². The van der Waals surface area contributed by atoms with Gasteiger partial charge in [0.1, 0.15) is 17.4 Å². The van der Waals surface area contributed by atoms with Crippen LogP contribution < -0.4 is 19.5 Å². The number of piperidine rings is 1. The molecule has 3 N–H and O–H groups in total. The Hall–Kier alpha value is -3.30. The summed E-state index contributed by atoms with van der Waals surface area (Å²) >= 11 is 0. The minimum atomic E-state index is -1.37. The molecule has 1 spiro atoms. The van der Waals surface area contributed by atoms with Gasteiger partial charge in [0, 0.05) is 24.2 Å². The summed E-state index contributed by atoms with van der Waals surface area (Å²) in [4.78, 5) is 30.1. The van der Waals surface area contributed by atoms with Crippen LogP contribution in [0.1, 0.15) is 36.8 Å². The molecule has 3 aliphatic carbocycles. The predicted octanol–water partition coefficient (Wildman–Crippen LogP) is 2.41. The molecule has 2 saturated carbocycles. The van der Waals surface area contributed by atoms with Gasteiger partial charge in [0.2, 0.25) is 5.91 Å². The van der Waals surface area contributed by atoms with Gasteiger partial charge < -0.3 is 29.7 Å².